The van der Waals surface area contributed by atoms with Gasteiger partial charge in [0.25, 0.3) is 0 Å². The van der Waals surface area contributed by atoms with Gasteiger partial charge in [0.2, 0.25) is 5.89 Å². The summed E-state index contributed by atoms with van der Waals surface area (Å²) in [6.07, 6.45) is 5.49. The molecule has 0 aliphatic carbocycles. The van der Waals surface area contributed by atoms with Crippen LogP contribution in [0.1, 0.15) is 43.3 Å². The van der Waals surface area contributed by atoms with E-state index in [0.717, 1.165) is 37.6 Å². The molecule has 2 aliphatic heterocycles. The highest BCUT2D eigenvalue weighted by atomic mass is 16.5. The Morgan fingerprint density at radius 3 is 3.12 bits per heavy atom. The lowest BCUT2D eigenvalue weighted by Crippen LogP contribution is -2.21. The topological polar surface area (TPSA) is 60.2 Å². The molecule has 0 radical (unpaired) electrons. The predicted molar refractivity (Wildman–Crippen MR) is 61.8 cm³/mol. The van der Waals surface area contributed by atoms with E-state index in [1.54, 1.807) is 7.11 Å². The average molecular weight is 237 g/mol. The zero-order valence-corrected chi connectivity index (χ0v) is 10.2. The highest BCUT2D eigenvalue weighted by Gasteiger charge is 2.42. The maximum absolute atomic E-state index is 5.39. The number of hydrogen-bond acceptors (Lipinski definition) is 5. The van der Waals surface area contributed by atoms with E-state index in [2.05, 4.69) is 15.5 Å². The van der Waals surface area contributed by atoms with E-state index in [4.69, 9.17) is 9.26 Å². The van der Waals surface area contributed by atoms with Crippen LogP contribution in [-0.2, 0) is 11.2 Å². The fourth-order valence-electron chi connectivity index (χ4n) is 2.99. The maximum atomic E-state index is 5.39. The van der Waals surface area contributed by atoms with Crippen molar-refractivity contribution in [3.05, 3.63) is 11.7 Å². The molecule has 0 spiro atoms. The molecule has 17 heavy (non-hydrogen) atoms. The first-order valence-electron chi connectivity index (χ1n) is 6.44. The monoisotopic (exact) mass is 237 g/mol. The maximum Gasteiger partial charge on any atom is 0.231 e. The van der Waals surface area contributed by atoms with Gasteiger partial charge in [-0.25, -0.2) is 0 Å². The number of nitrogens with zero attached hydrogens (tertiary/aromatic N) is 2. The molecule has 3 heterocycles. The van der Waals surface area contributed by atoms with E-state index in [1.165, 1.54) is 12.8 Å². The molecule has 3 atom stereocenters. The summed E-state index contributed by atoms with van der Waals surface area (Å²) in [7, 11) is 1.71. The lowest BCUT2D eigenvalue weighted by atomic mass is 9.89. The Bertz CT molecular complexity index is 380. The average Bonchev–Trinajstić information content (AvgIpc) is 3.04. The van der Waals surface area contributed by atoms with Crippen molar-refractivity contribution in [3.8, 4) is 0 Å². The number of hydrogen-bond donors (Lipinski definition) is 1. The largest absolute Gasteiger partial charge is 0.385 e. The van der Waals surface area contributed by atoms with Crippen LogP contribution in [0.15, 0.2) is 4.52 Å². The lowest BCUT2D eigenvalue weighted by Gasteiger charge is -2.15. The number of nitrogens with one attached hydrogen (secondary N) is 1. The van der Waals surface area contributed by atoms with Crippen LogP contribution in [-0.4, -0.2) is 35.9 Å². The SMILES string of the molecule is COCCCc1noc(C2CC3CCC2N3)n1. The van der Waals surface area contributed by atoms with Gasteiger partial charge in [0.1, 0.15) is 0 Å². The van der Waals surface area contributed by atoms with Crippen LogP contribution < -0.4 is 5.32 Å². The van der Waals surface area contributed by atoms with Crippen molar-refractivity contribution in [1.29, 1.82) is 0 Å². The number of ether oxygens (including phenoxy) is 1. The van der Waals surface area contributed by atoms with E-state index >= 15 is 0 Å². The number of fused-ring (bicyclic) bond motifs is 2. The Balaban J connectivity index is 1.60. The molecule has 94 valence electrons. The minimum Gasteiger partial charge on any atom is -0.385 e. The summed E-state index contributed by atoms with van der Waals surface area (Å²) in [4.78, 5) is 4.51. The van der Waals surface area contributed by atoms with Crippen molar-refractivity contribution in [1.82, 2.24) is 15.5 Å². The molecule has 5 nitrogen and oxygen atoms in total. The molecule has 2 aliphatic rings. The van der Waals surface area contributed by atoms with Crippen molar-refractivity contribution >= 4 is 0 Å². The van der Waals surface area contributed by atoms with Gasteiger partial charge < -0.3 is 14.6 Å². The Kier molecular flexibility index (Phi) is 3.11. The van der Waals surface area contributed by atoms with Gasteiger partial charge in [-0.2, -0.15) is 4.98 Å². The minimum atomic E-state index is 0.442. The Hall–Kier alpha value is -0.940. The molecule has 1 N–H and O–H groups in total. The first-order chi connectivity index (χ1) is 8.36. The summed E-state index contributed by atoms with van der Waals surface area (Å²) in [5, 5.41) is 7.64. The molecule has 1 aromatic rings. The molecule has 0 aromatic carbocycles. The Morgan fingerprint density at radius 2 is 2.41 bits per heavy atom. The van der Waals surface area contributed by atoms with E-state index in [0.29, 0.717) is 18.0 Å². The lowest BCUT2D eigenvalue weighted by molar-refractivity contribution is 0.194. The number of methoxy groups -OCH3 is 1. The van der Waals surface area contributed by atoms with Gasteiger partial charge in [-0.1, -0.05) is 5.16 Å². The van der Waals surface area contributed by atoms with E-state index in [1.807, 2.05) is 0 Å². The van der Waals surface area contributed by atoms with Crippen molar-refractivity contribution in [2.24, 2.45) is 0 Å². The summed E-state index contributed by atoms with van der Waals surface area (Å²) in [6.45, 7) is 0.750. The molecular weight excluding hydrogens is 218 g/mol. The second-order valence-corrected chi connectivity index (χ2v) is 5.03. The molecule has 2 saturated heterocycles. The third kappa shape index (κ3) is 2.21. The van der Waals surface area contributed by atoms with Crippen LogP contribution in [0, 0.1) is 0 Å². The van der Waals surface area contributed by atoms with Crippen LogP contribution in [0.25, 0.3) is 0 Å². The Labute approximate surface area is 101 Å². The molecule has 2 bridgehead atoms. The first kappa shape index (κ1) is 11.2. The molecule has 3 rings (SSSR count). The zero-order chi connectivity index (χ0) is 11.7. The highest BCUT2D eigenvalue weighted by molar-refractivity contribution is 5.09. The summed E-state index contributed by atoms with van der Waals surface area (Å²) < 4.78 is 10.4. The van der Waals surface area contributed by atoms with Crippen molar-refractivity contribution in [2.45, 2.75) is 50.1 Å². The third-order valence-corrected chi connectivity index (χ3v) is 3.85. The van der Waals surface area contributed by atoms with Gasteiger partial charge in [0.05, 0.1) is 5.92 Å². The molecule has 3 unspecified atom stereocenters. The smallest absolute Gasteiger partial charge is 0.231 e. The number of rotatable bonds is 5. The third-order valence-electron chi connectivity index (χ3n) is 3.85. The number of aromatic nitrogens is 2. The number of aryl methyl sites for hydroxylation is 1. The van der Waals surface area contributed by atoms with Crippen LogP contribution in [0.4, 0.5) is 0 Å². The van der Waals surface area contributed by atoms with Gasteiger partial charge in [-0.3, -0.25) is 0 Å². The fraction of sp³-hybridized carbons (Fsp3) is 0.833. The van der Waals surface area contributed by atoms with Crippen molar-refractivity contribution in [3.63, 3.8) is 0 Å². The van der Waals surface area contributed by atoms with Crippen LogP contribution >= 0.6 is 0 Å². The van der Waals surface area contributed by atoms with Gasteiger partial charge in [0.15, 0.2) is 5.82 Å². The summed E-state index contributed by atoms with van der Waals surface area (Å²) >= 11 is 0. The van der Waals surface area contributed by atoms with E-state index in [-0.39, 0.29) is 0 Å². The molecular formula is C12H19N3O2. The molecule has 2 fully saturated rings. The summed E-state index contributed by atoms with van der Waals surface area (Å²) in [5.41, 5.74) is 0. The second-order valence-electron chi connectivity index (χ2n) is 5.03. The predicted octanol–water partition coefficient (Wildman–Crippen LogP) is 1.26. The van der Waals surface area contributed by atoms with Crippen LogP contribution in [0.2, 0.25) is 0 Å². The normalized spacial score (nSPS) is 31.2. The molecule has 1 aromatic heterocycles. The van der Waals surface area contributed by atoms with E-state index < -0.39 is 0 Å². The van der Waals surface area contributed by atoms with Gasteiger partial charge in [0, 0.05) is 32.2 Å². The standard InChI is InChI=1S/C12H19N3O2/c1-16-6-2-3-11-14-12(17-15-11)9-7-8-4-5-10(9)13-8/h8-10,13H,2-7H2,1H3. The quantitative estimate of drug-likeness (QED) is 0.781. The zero-order valence-electron chi connectivity index (χ0n) is 10.2. The van der Waals surface area contributed by atoms with Gasteiger partial charge >= 0.3 is 0 Å². The first-order valence-corrected chi connectivity index (χ1v) is 6.44. The second kappa shape index (κ2) is 4.74. The van der Waals surface area contributed by atoms with Crippen molar-refractivity contribution < 1.29 is 9.26 Å². The van der Waals surface area contributed by atoms with Gasteiger partial charge in [-0.15, -0.1) is 0 Å². The van der Waals surface area contributed by atoms with Crippen molar-refractivity contribution in [2.75, 3.05) is 13.7 Å². The summed E-state index contributed by atoms with van der Waals surface area (Å²) in [5.74, 6) is 2.09. The Morgan fingerprint density at radius 1 is 1.47 bits per heavy atom. The van der Waals surface area contributed by atoms with Gasteiger partial charge in [-0.05, 0) is 25.7 Å². The summed E-state index contributed by atoms with van der Waals surface area (Å²) in [6, 6.07) is 1.24. The van der Waals surface area contributed by atoms with E-state index in [9.17, 15) is 0 Å². The molecule has 0 amide bonds. The molecule has 5 heteroatoms. The molecule has 0 saturated carbocycles. The highest BCUT2D eigenvalue weighted by Crippen LogP contribution is 2.39. The van der Waals surface area contributed by atoms with Crippen LogP contribution in [0.5, 0.6) is 0 Å². The fourth-order valence-corrected chi connectivity index (χ4v) is 2.99. The van der Waals surface area contributed by atoms with Crippen LogP contribution in [0.3, 0.4) is 0 Å². The minimum absolute atomic E-state index is 0.442.